The molecule has 1 heterocycles. The number of rotatable bonds is 7. The molecule has 0 unspecified atom stereocenters. The van der Waals surface area contributed by atoms with Crippen LogP contribution in [0.2, 0.25) is 0 Å². The summed E-state index contributed by atoms with van der Waals surface area (Å²) in [5, 5.41) is 4.19. The minimum atomic E-state index is 0.222. The lowest BCUT2D eigenvalue weighted by Crippen LogP contribution is -2.06. The molecule has 3 nitrogen and oxygen atoms in total. The maximum Gasteiger partial charge on any atom is 0.180 e. The van der Waals surface area contributed by atoms with Crippen molar-refractivity contribution in [2.75, 3.05) is 0 Å². The summed E-state index contributed by atoms with van der Waals surface area (Å²) in [5.41, 5.74) is 1.66. The topological polar surface area (TPSA) is 34.9 Å². The van der Waals surface area contributed by atoms with Gasteiger partial charge >= 0.3 is 0 Å². The van der Waals surface area contributed by atoms with Crippen LogP contribution in [0.1, 0.15) is 61.6 Å². The molecule has 1 aromatic rings. The third kappa shape index (κ3) is 3.80. The molecular weight excluding hydrogens is 200 g/mol. The van der Waals surface area contributed by atoms with Crippen molar-refractivity contribution in [1.29, 1.82) is 0 Å². The monoisotopic (exact) mass is 222 g/mol. The van der Waals surface area contributed by atoms with Gasteiger partial charge in [-0.05, 0) is 19.4 Å². The number of carbonyl (C=O) groups excluding carboxylic acids is 1. The second kappa shape index (κ2) is 6.46. The average Bonchev–Trinajstić information content (AvgIpc) is 2.57. The van der Waals surface area contributed by atoms with E-state index in [-0.39, 0.29) is 5.78 Å². The van der Waals surface area contributed by atoms with E-state index in [0.29, 0.717) is 6.42 Å². The molecule has 0 radical (unpaired) electrons. The van der Waals surface area contributed by atoms with Gasteiger partial charge in [0.05, 0.1) is 5.69 Å². The van der Waals surface area contributed by atoms with Crippen LogP contribution in [0.4, 0.5) is 0 Å². The van der Waals surface area contributed by atoms with E-state index in [2.05, 4.69) is 12.0 Å². The van der Waals surface area contributed by atoms with Gasteiger partial charge < -0.3 is 0 Å². The highest BCUT2D eigenvalue weighted by Crippen LogP contribution is 2.10. The molecule has 0 spiro atoms. The van der Waals surface area contributed by atoms with Crippen LogP contribution in [-0.4, -0.2) is 15.6 Å². The molecule has 0 aliphatic rings. The quantitative estimate of drug-likeness (QED) is 0.524. The van der Waals surface area contributed by atoms with Crippen molar-refractivity contribution >= 4 is 5.78 Å². The van der Waals surface area contributed by atoms with Gasteiger partial charge in [-0.15, -0.1) is 0 Å². The Balaban J connectivity index is 2.33. The number of hydrogen-bond donors (Lipinski definition) is 0. The Hall–Kier alpha value is -1.12. The molecule has 0 aliphatic heterocycles. The Labute approximate surface area is 97.8 Å². The summed E-state index contributed by atoms with van der Waals surface area (Å²) in [4.78, 5) is 11.9. The summed E-state index contributed by atoms with van der Waals surface area (Å²) in [7, 11) is 1.83. The lowest BCUT2D eigenvalue weighted by molar-refractivity contribution is 0.0970. The maximum absolute atomic E-state index is 11.9. The van der Waals surface area contributed by atoms with E-state index < -0.39 is 0 Å². The van der Waals surface area contributed by atoms with Gasteiger partial charge in [-0.25, -0.2) is 0 Å². The summed E-state index contributed by atoms with van der Waals surface area (Å²) < 4.78 is 1.68. The Bertz CT molecular complexity index is 342. The van der Waals surface area contributed by atoms with Crippen LogP contribution in [0.25, 0.3) is 0 Å². The lowest BCUT2D eigenvalue weighted by atomic mass is 10.1. The summed E-state index contributed by atoms with van der Waals surface area (Å²) in [6.45, 7) is 4.11. The molecule has 0 saturated carbocycles. The van der Waals surface area contributed by atoms with Crippen LogP contribution >= 0.6 is 0 Å². The van der Waals surface area contributed by atoms with Gasteiger partial charge in [0.2, 0.25) is 0 Å². The van der Waals surface area contributed by atoms with E-state index in [0.717, 1.165) is 24.2 Å². The second-order valence-electron chi connectivity index (χ2n) is 4.38. The van der Waals surface area contributed by atoms with Crippen molar-refractivity contribution in [2.24, 2.45) is 7.05 Å². The Kier molecular flexibility index (Phi) is 5.23. The van der Waals surface area contributed by atoms with Crippen LogP contribution in [-0.2, 0) is 7.05 Å². The minimum absolute atomic E-state index is 0.222. The van der Waals surface area contributed by atoms with Crippen LogP contribution in [0.5, 0.6) is 0 Å². The predicted molar refractivity (Wildman–Crippen MR) is 65.7 cm³/mol. The molecule has 0 fully saturated rings. The van der Waals surface area contributed by atoms with Crippen LogP contribution < -0.4 is 0 Å². The Morgan fingerprint density at radius 2 is 2.00 bits per heavy atom. The number of carbonyl (C=O) groups is 1. The van der Waals surface area contributed by atoms with Gasteiger partial charge in [-0.2, -0.15) is 5.10 Å². The van der Waals surface area contributed by atoms with Crippen LogP contribution in [0, 0.1) is 6.92 Å². The number of ketones is 1. The van der Waals surface area contributed by atoms with E-state index in [1.165, 1.54) is 19.3 Å². The smallest absolute Gasteiger partial charge is 0.180 e. The van der Waals surface area contributed by atoms with Crippen molar-refractivity contribution in [3.63, 3.8) is 0 Å². The molecule has 0 bridgehead atoms. The first-order valence-corrected chi connectivity index (χ1v) is 6.19. The highest BCUT2D eigenvalue weighted by atomic mass is 16.1. The third-order valence-electron chi connectivity index (χ3n) is 2.80. The SMILES string of the molecule is CCCCCCCC(=O)c1cc(C)nn1C. The number of nitrogens with zero attached hydrogens (tertiary/aromatic N) is 2. The number of hydrogen-bond acceptors (Lipinski definition) is 2. The zero-order chi connectivity index (χ0) is 12.0. The maximum atomic E-state index is 11.9. The first-order chi connectivity index (χ1) is 7.65. The average molecular weight is 222 g/mol. The van der Waals surface area contributed by atoms with Gasteiger partial charge in [-0.3, -0.25) is 9.48 Å². The van der Waals surface area contributed by atoms with Gasteiger partial charge in [-0.1, -0.05) is 32.6 Å². The fourth-order valence-corrected chi connectivity index (χ4v) is 1.89. The van der Waals surface area contributed by atoms with E-state index in [1.807, 2.05) is 20.0 Å². The first-order valence-electron chi connectivity index (χ1n) is 6.19. The molecule has 0 N–H and O–H groups in total. The lowest BCUT2D eigenvalue weighted by Gasteiger charge is -2.01. The second-order valence-corrected chi connectivity index (χ2v) is 4.38. The first kappa shape index (κ1) is 12.9. The van der Waals surface area contributed by atoms with Gasteiger partial charge in [0.15, 0.2) is 5.78 Å². The van der Waals surface area contributed by atoms with Crippen molar-refractivity contribution in [1.82, 2.24) is 9.78 Å². The molecule has 3 heteroatoms. The highest BCUT2D eigenvalue weighted by Gasteiger charge is 2.10. The molecule has 0 aliphatic carbocycles. The summed E-state index contributed by atoms with van der Waals surface area (Å²) in [5.74, 6) is 0.222. The zero-order valence-corrected chi connectivity index (χ0v) is 10.6. The van der Waals surface area contributed by atoms with Crippen molar-refractivity contribution in [3.8, 4) is 0 Å². The normalized spacial score (nSPS) is 10.7. The molecule has 1 aromatic heterocycles. The standard InChI is InChI=1S/C13H22N2O/c1-4-5-6-7-8-9-13(16)12-10-11(2)14-15(12)3/h10H,4-9H2,1-3H3. The summed E-state index contributed by atoms with van der Waals surface area (Å²) >= 11 is 0. The van der Waals surface area contributed by atoms with Crippen LogP contribution in [0.3, 0.4) is 0 Å². The molecule has 0 amide bonds. The molecule has 16 heavy (non-hydrogen) atoms. The number of aromatic nitrogens is 2. The minimum Gasteiger partial charge on any atom is -0.292 e. The van der Waals surface area contributed by atoms with E-state index >= 15 is 0 Å². The molecule has 1 rings (SSSR count). The summed E-state index contributed by atoms with van der Waals surface area (Å²) in [6.07, 6.45) is 6.59. The number of Topliss-reactive ketones (excluding diaryl/α,β-unsaturated/α-hetero) is 1. The molecule has 0 atom stereocenters. The predicted octanol–water partition coefficient (Wildman–Crippen LogP) is 3.27. The van der Waals surface area contributed by atoms with Gasteiger partial charge in [0.25, 0.3) is 0 Å². The van der Waals surface area contributed by atoms with Crippen molar-refractivity contribution in [2.45, 2.75) is 52.4 Å². The highest BCUT2D eigenvalue weighted by molar-refractivity contribution is 5.94. The fraction of sp³-hybridized carbons (Fsp3) is 0.692. The fourth-order valence-electron chi connectivity index (χ4n) is 1.89. The van der Waals surface area contributed by atoms with Gasteiger partial charge in [0.1, 0.15) is 5.69 Å². The van der Waals surface area contributed by atoms with E-state index in [4.69, 9.17) is 0 Å². The molecule has 90 valence electrons. The molecular formula is C13H22N2O. The van der Waals surface area contributed by atoms with E-state index in [1.54, 1.807) is 4.68 Å². The zero-order valence-electron chi connectivity index (χ0n) is 10.6. The number of aryl methyl sites for hydroxylation is 2. The van der Waals surface area contributed by atoms with Gasteiger partial charge in [0, 0.05) is 13.5 Å². The van der Waals surface area contributed by atoms with Crippen LogP contribution in [0.15, 0.2) is 6.07 Å². The van der Waals surface area contributed by atoms with Crippen molar-refractivity contribution in [3.05, 3.63) is 17.5 Å². The Morgan fingerprint density at radius 1 is 1.31 bits per heavy atom. The number of unbranched alkanes of at least 4 members (excludes halogenated alkanes) is 4. The largest absolute Gasteiger partial charge is 0.292 e. The third-order valence-corrected chi connectivity index (χ3v) is 2.80. The molecule has 0 aromatic carbocycles. The van der Waals surface area contributed by atoms with Crippen molar-refractivity contribution < 1.29 is 4.79 Å². The molecule has 0 saturated heterocycles. The summed E-state index contributed by atoms with van der Waals surface area (Å²) in [6, 6.07) is 1.87. The Morgan fingerprint density at radius 3 is 2.56 bits per heavy atom. The van der Waals surface area contributed by atoms with E-state index in [9.17, 15) is 4.79 Å².